The van der Waals surface area contributed by atoms with Crippen LogP contribution in [0.15, 0.2) is 54.7 Å². The number of benzene rings is 2. The van der Waals surface area contributed by atoms with E-state index in [-0.39, 0.29) is 17.0 Å². The fourth-order valence-electron chi connectivity index (χ4n) is 3.11. The normalized spacial score (nSPS) is 12.8. The molecule has 3 rings (SSSR count). The Bertz CT molecular complexity index is 1030. The number of halogens is 3. The van der Waals surface area contributed by atoms with E-state index in [2.05, 4.69) is 10.3 Å². The number of pyridine rings is 1. The van der Waals surface area contributed by atoms with E-state index < -0.39 is 29.3 Å². The summed E-state index contributed by atoms with van der Waals surface area (Å²) in [5.41, 5.74) is -0.580. The number of fused-ring (bicyclic) bond motifs is 1. The molecule has 0 spiro atoms. The first-order chi connectivity index (χ1) is 13.7. The fourth-order valence-corrected chi connectivity index (χ4v) is 3.11. The summed E-state index contributed by atoms with van der Waals surface area (Å²) in [4.78, 5) is 16.7. The van der Waals surface area contributed by atoms with E-state index in [4.69, 9.17) is 4.74 Å². The molecule has 0 aliphatic rings. The number of nitrogens with zero attached hydrogens (tertiary/aromatic N) is 1. The van der Waals surface area contributed by atoms with Gasteiger partial charge in [0.1, 0.15) is 5.75 Å². The second-order valence-corrected chi connectivity index (χ2v) is 7.00. The van der Waals surface area contributed by atoms with Crippen LogP contribution in [0.25, 0.3) is 10.9 Å². The van der Waals surface area contributed by atoms with Crippen LogP contribution in [-0.2, 0) is 6.18 Å². The molecule has 0 aliphatic heterocycles. The van der Waals surface area contributed by atoms with E-state index in [0.717, 1.165) is 11.8 Å². The number of hydrogen-bond acceptors (Lipinski definition) is 3. The number of carbonyl (C=O) groups excluding carboxylic acids is 1. The summed E-state index contributed by atoms with van der Waals surface area (Å²) in [5, 5.41) is 2.53. The van der Waals surface area contributed by atoms with E-state index in [0.29, 0.717) is 5.75 Å². The van der Waals surface area contributed by atoms with Gasteiger partial charge in [-0.05, 0) is 44.5 Å². The van der Waals surface area contributed by atoms with Crippen LogP contribution in [0, 0.1) is 0 Å². The summed E-state index contributed by atoms with van der Waals surface area (Å²) in [6.45, 7) is 5.49. The molecule has 1 N–H and O–H groups in total. The Kier molecular flexibility index (Phi) is 5.77. The highest BCUT2D eigenvalue weighted by molar-refractivity contribution is 6.00. The average molecular weight is 402 g/mol. The summed E-state index contributed by atoms with van der Waals surface area (Å²) in [6, 6.07) is 12.5. The number of para-hydroxylation sites is 1. The van der Waals surface area contributed by atoms with Crippen molar-refractivity contribution in [2.75, 3.05) is 0 Å². The Hall–Kier alpha value is -3.09. The van der Waals surface area contributed by atoms with Gasteiger partial charge in [0.2, 0.25) is 0 Å². The van der Waals surface area contributed by atoms with E-state index in [1.807, 2.05) is 13.8 Å². The summed E-state index contributed by atoms with van der Waals surface area (Å²) in [6.07, 6.45) is -3.73. The monoisotopic (exact) mass is 402 g/mol. The predicted octanol–water partition coefficient (Wildman–Crippen LogP) is 5.53. The lowest BCUT2D eigenvalue weighted by molar-refractivity contribution is -0.136. The number of alkyl halides is 3. The van der Waals surface area contributed by atoms with Gasteiger partial charge in [-0.3, -0.25) is 9.78 Å². The van der Waals surface area contributed by atoms with Crippen LogP contribution in [0.4, 0.5) is 13.2 Å². The molecule has 4 nitrogen and oxygen atoms in total. The Morgan fingerprint density at radius 1 is 1.07 bits per heavy atom. The van der Waals surface area contributed by atoms with Gasteiger partial charge < -0.3 is 10.1 Å². The molecule has 0 aliphatic carbocycles. The lowest BCUT2D eigenvalue weighted by atomic mass is 10.0. The standard InChI is InChI=1S/C22H21F3N2O2/c1-13(2)29-16-8-6-7-15(11-16)14(3)27-21(28)18-12-26-19-10-5-4-9-17(19)20(18)22(23,24)25/h4-14H,1-3H3,(H,27,28). The summed E-state index contributed by atoms with van der Waals surface area (Å²) in [5.74, 6) is -0.208. The Labute approximate surface area is 166 Å². The van der Waals surface area contributed by atoms with Crippen LogP contribution in [0.3, 0.4) is 0 Å². The zero-order valence-electron chi connectivity index (χ0n) is 16.2. The second kappa shape index (κ2) is 8.11. The molecule has 1 unspecified atom stereocenters. The van der Waals surface area contributed by atoms with Crippen molar-refractivity contribution < 1.29 is 22.7 Å². The summed E-state index contributed by atoms with van der Waals surface area (Å²) in [7, 11) is 0. The third-order valence-corrected chi connectivity index (χ3v) is 4.38. The van der Waals surface area contributed by atoms with E-state index in [1.165, 1.54) is 18.2 Å². The van der Waals surface area contributed by atoms with Crippen molar-refractivity contribution in [1.29, 1.82) is 0 Å². The average Bonchev–Trinajstić information content (AvgIpc) is 2.65. The van der Waals surface area contributed by atoms with Gasteiger partial charge >= 0.3 is 6.18 Å². The molecule has 1 amide bonds. The van der Waals surface area contributed by atoms with E-state index in [1.54, 1.807) is 37.3 Å². The summed E-state index contributed by atoms with van der Waals surface area (Å²) >= 11 is 0. The molecule has 2 aromatic carbocycles. The molecule has 29 heavy (non-hydrogen) atoms. The molecule has 152 valence electrons. The maximum absolute atomic E-state index is 13.7. The number of ether oxygens (including phenoxy) is 1. The Morgan fingerprint density at radius 3 is 2.48 bits per heavy atom. The topological polar surface area (TPSA) is 51.2 Å². The van der Waals surface area contributed by atoms with Gasteiger partial charge in [0.25, 0.3) is 5.91 Å². The fraction of sp³-hybridized carbons (Fsp3) is 0.273. The number of nitrogens with one attached hydrogen (secondary N) is 1. The van der Waals surface area contributed by atoms with Gasteiger partial charge in [-0.1, -0.05) is 30.3 Å². The van der Waals surface area contributed by atoms with Crippen molar-refractivity contribution in [2.45, 2.75) is 39.1 Å². The van der Waals surface area contributed by atoms with Crippen LogP contribution >= 0.6 is 0 Å². The van der Waals surface area contributed by atoms with Gasteiger partial charge in [-0.15, -0.1) is 0 Å². The quantitative estimate of drug-likeness (QED) is 0.610. The first kappa shape index (κ1) is 20.6. The first-order valence-corrected chi connectivity index (χ1v) is 9.19. The highest BCUT2D eigenvalue weighted by Crippen LogP contribution is 2.37. The number of carbonyl (C=O) groups is 1. The predicted molar refractivity (Wildman–Crippen MR) is 105 cm³/mol. The maximum Gasteiger partial charge on any atom is 0.417 e. The smallest absolute Gasteiger partial charge is 0.417 e. The molecule has 0 saturated heterocycles. The molecule has 1 aromatic heterocycles. The van der Waals surface area contributed by atoms with Gasteiger partial charge in [-0.2, -0.15) is 13.2 Å². The summed E-state index contributed by atoms with van der Waals surface area (Å²) < 4.78 is 46.9. The molecule has 0 bridgehead atoms. The second-order valence-electron chi connectivity index (χ2n) is 7.00. The molecule has 1 atom stereocenters. The molecular weight excluding hydrogens is 381 g/mol. The van der Waals surface area contributed by atoms with Crippen molar-refractivity contribution in [3.05, 3.63) is 71.4 Å². The van der Waals surface area contributed by atoms with Crippen LogP contribution in [0.2, 0.25) is 0 Å². The highest BCUT2D eigenvalue weighted by Gasteiger charge is 2.37. The molecule has 0 radical (unpaired) electrons. The van der Waals surface area contributed by atoms with Crippen molar-refractivity contribution in [3.8, 4) is 5.75 Å². The Morgan fingerprint density at radius 2 is 1.79 bits per heavy atom. The van der Waals surface area contributed by atoms with Crippen molar-refractivity contribution in [2.24, 2.45) is 0 Å². The van der Waals surface area contributed by atoms with Gasteiger partial charge in [0.15, 0.2) is 0 Å². The minimum absolute atomic E-state index is 0.0202. The van der Waals surface area contributed by atoms with Crippen molar-refractivity contribution in [1.82, 2.24) is 10.3 Å². The minimum atomic E-state index is -4.69. The zero-order valence-corrected chi connectivity index (χ0v) is 16.2. The number of amides is 1. The number of aromatic nitrogens is 1. The van der Waals surface area contributed by atoms with Gasteiger partial charge in [0, 0.05) is 11.6 Å². The maximum atomic E-state index is 13.7. The third-order valence-electron chi connectivity index (χ3n) is 4.38. The molecule has 0 fully saturated rings. The lowest BCUT2D eigenvalue weighted by Gasteiger charge is -2.19. The van der Waals surface area contributed by atoms with Crippen LogP contribution in [0.5, 0.6) is 5.75 Å². The minimum Gasteiger partial charge on any atom is -0.491 e. The molecule has 7 heteroatoms. The SMILES string of the molecule is CC(C)Oc1cccc(C(C)NC(=O)c2cnc3ccccc3c2C(F)(F)F)c1. The van der Waals surface area contributed by atoms with E-state index in [9.17, 15) is 18.0 Å². The van der Waals surface area contributed by atoms with Gasteiger partial charge in [-0.25, -0.2) is 0 Å². The number of hydrogen-bond donors (Lipinski definition) is 1. The van der Waals surface area contributed by atoms with Crippen molar-refractivity contribution in [3.63, 3.8) is 0 Å². The first-order valence-electron chi connectivity index (χ1n) is 9.19. The van der Waals surface area contributed by atoms with Gasteiger partial charge in [0.05, 0.1) is 28.8 Å². The number of rotatable bonds is 5. The Balaban J connectivity index is 1.92. The van der Waals surface area contributed by atoms with E-state index >= 15 is 0 Å². The molecule has 0 saturated carbocycles. The molecular formula is C22H21F3N2O2. The van der Waals surface area contributed by atoms with Crippen molar-refractivity contribution >= 4 is 16.8 Å². The molecule has 1 heterocycles. The molecule has 3 aromatic rings. The zero-order chi connectivity index (χ0) is 21.2. The highest BCUT2D eigenvalue weighted by atomic mass is 19.4. The third kappa shape index (κ3) is 4.67. The lowest BCUT2D eigenvalue weighted by Crippen LogP contribution is -2.29. The largest absolute Gasteiger partial charge is 0.491 e. The van der Waals surface area contributed by atoms with Crippen LogP contribution in [0.1, 0.15) is 48.3 Å². The van der Waals surface area contributed by atoms with Crippen LogP contribution in [-0.4, -0.2) is 17.0 Å². The van der Waals surface area contributed by atoms with Crippen LogP contribution < -0.4 is 10.1 Å².